The third kappa shape index (κ3) is 3.50. The molecule has 3 heteroatoms. The van der Waals surface area contributed by atoms with Gasteiger partial charge in [-0.3, -0.25) is 4.79 Å². The van der Waals surface area contributed by atoms with E-state index < -0.39 is 0 Å². The van der Waals surface area contributed by atoms with Gasteiger partial charge in [0.1, 0.15) is 0 Å². The molecule has 3 nitrogen and oxygen atoms in total. The van der Waals surface area contributed by atoms with Crippen LogP contribution in [0, 0.1) is 5.41 Å². The first-order valence-corrected chi connectivity index (χ1v) is 5.00. The van der Waals surface area contributed by atoms with Crippen LogP contribution >= 0.6 is 0 Å². The summed E-state index contributed by atoms with van der Waals surface area (Å²) in [6, 6.07) is 0. The molecule has 0 aromatic rings. The minimum atomic E-state index is -0.349. The molecule has 0 aliphatic rings. The maximum absolute atomic E-state index is 11.9. The molecule has 0 atom stereocenters. The highest BCUT2D eigenvalue weighted by Crippen LogP contribution is 2.22. The standard InChI is InChI=1S/C11H21NO2/c1-5-7-12(8-9-13)10(14)11(3,4)6-2/h5,13H,1,6-9H2,2-4H3. The molecule has 0 radical (unpaired) electrons. The molecule has 1 N–H and O–H groups in total. The number of rotatable bonds is 6. The summed E-state index contributed by atoms with van der Waals surface area (Å²) in [6.45, 7) is 10.3. The molecule has 0 heterocycles. The Morgan fingerprint density at radius 3 is 2.50 bits per heavy atom. The van der Waals surface area contributed by atoms with E-state index in [2.05, 4.69) is 6.58 Å². The molecule has 0 rings (SSSR count). The zero-order chi connectivity index (χ0) is 11.2. The Hall–Kier alpha value is -0.830. The normalized spacial score (nSPS) is 11.1. The van der Waals surface area contributed by atoms with Crippen molar-refractivity contribution in [3.63, 3.8) is 0 Å². The first-order chi connectivity index (χ1) is 6.49. The molecule has 0 fully saturated rings. The van der Waals surface area contributed by atoms with Crippen LogP contribution in [-0.2, 0) is 4.79 Å². The topological polar surface area (TPSA) is 40.5 Å². The maximum atomic E-state index is 11.9. The summed E-state index contributed by atoms with van der Waals surface area (Å²) in [7, 11) is 0. The largest absolute Gasteiger partial charge is 0.395 e. The van der Waals surface area contributed by atoms with Crippen LogP contribution in [0.4, 0.5) is 0 Å². The van der Waals surface area contributed by atoms with Gasteiger partial charge in [-0.05, 0) is 6.42 Å². The van der Waals surface area contributed by atoms with Crippen LogP contribution in [0.5, 0.6) is 0 Å². The Kier molecular flexibility index (Phi) is 5.46. The average Bonchev–Trinajstić information content (AvgIpc) is 2.16. The van der Waals surface area contributed by atoms with Crippen molar-refractivity contribution in [1.29, 1.82) is 0 Å². The second-order valence-electron chi connectivity index (χ2n) is 4.00. The fourth-order valence-electron chi connectivity index (χ4n) is 1.13. The van der Waals surface area contributed by atoms with Gasteiger partial charge in [0.25, 0.3) is 0 Å². The maximum Gasteiger partial charge on any atom is 0.228 e. The lowest BCUT2D eigenvalue weighted by atomic mass is 9.88. The van der Waals surface area contributed by atoms with Crippen LogP contribution in [0.25, 0.3) is 0 Å². The van der Waals surface area contributed by atoms with E-state index in [1.54, 1.807) is 11.0 Å². The molecule has 1 amide bonds. The Morgan fingerprint density at radius 1 is 1.57 bits per heavy atom. The van der Waals surface area contributed by atoms with Gasteiger partial charge >= 0.3 is 0 Å². The molecule has 0 spiro atoms. The molecule has 14 heavy (non-hydrogen) atoms. The van der Waals surface area contributed by atoms with E-state index in [4.69, 9.17) is 5.11 Å². The molecule has 0 unspecified atom stereocenters. The van der Waals surface area contributed by atoms with Crippen LogP contribution in [0.15, 0.2) is 12.7 Å². The third-order valence-electron chi connectivity index (χ3n) is 2.47. The number of nitrogens with zero attached hydrogens (tertiary/aromatic N) is 1. The van der Waals surface area contributed by atoms with Crippen LogP contribution in [0.3, 0.4) is 0 Å². The Balaban J connectivity index is 4.49. The van der Waals surface area contributed by atoms with E-state index in [1.807, 2.05) is 20.8 Å². The number of hydrogen-bond donors (Lipinski definition) is 1. The van der Waals surface area contributed by atoms with Crippen LogP contribution < -0.4 is 0 Å². The Labute approximate surface area is 86.4 Å². The van der Waals surface area contributed by atoms with Crippen LogP contribution in [-0.4, -0.2) is 35.6 Å². The van der Waals surface area contributed by atoms with Crippen molar-refractivity contribution < 1.29 is 9.90 Å². The van der Waals surface area contributed by atoms with Gasteiger partial charge in [0.05, 0.1) is 6.61 Å². The van der Waals surface area contributed by atoms with Gasteiger partial charge in [0.15, 0.2) is 0 Å². The summed E-state index contributed by atoms with van der Waals surface area (Å²) < 4.78 is 0. The first-order valence-electron chi connectivity index (χ1n) is 5.00. The van der Waals surface area contributed by atoms with E-state index in [9.17, 15) is 4.79 Å². The number of aliphatic hydroxyl groups is 1. The highest BCUT2D eigenvalue weighted by molar-refractivity contribution is 5.82. The minimum absolute atomic E-state index is 0.000621. The predicted octanol–water partition coefficient (Wildman–Crippen LogP) is 1.43. The minimum Gasteiger partial charge on any atom is -0.395 e. The summed E-state index contributed by atoms with van der Waals surface area (Å²) in [5, 5.41) is 8.82. The number of carbonyl (C=O) groups is 1. The van der Waals surface area contributed by atoms with E-state index in [-0.39, 0.29) is 17.9 Å². The van der Waals surface area contributed by atoms with Crippen molar-refractivity contribution in [1.82, 2.24) is 4.90 Å². The van der Waals surface area contributed by atoms with Crippen molar-refractivity contribution >= 4 is 5.91 Å². The quantitative estimate of drug-likeness (QED) is 0.657. The number of carbonyl (C=O) groups excluding carboxylic acids is 1. The fraction of sp³-hybridized carbons (Fsp3) is 0.727. The second kappa shape index (κ2) is 5.81. The Morgan fingerprint density at radius 2 is 2.14 bits per heavy atom. The summed E-state index contributed by atoms with van der Waals surface area (Å²) >= 11 is 0. The van der Waals surface area contributed by atoms with Crippen molar-refractivity contribution in [3.8, 4) is 0 Å². The molecule has 0 aromatic heterocycles. The van der Waals surface area contributed by atoms with E-state index in [0.29, 0.717) is 13.1 Å². The molecule has 0 bridgehead atoms. The molecule has 0 aliphatic carbocycles. The lowest BCUT2D eigenvalue weighted by Gasteiger charge is -2.30. The fourth-order valence-corrected chi connectivity index (χ4v) is 1.13. The number of amides is 1. The van der Waals surface area contributed by atoms with E-state index in [0.717, 1.165) is 6.42 Å². The Bertz CT molecular complexity index is 199. The van der Waals surface area contributed by atoms with Crippen molar-refractivity contribution in [2.45, 2.75) is 27.2 Å². The first kappa shape index (κ1) is 13.2. The highest BCUT2D eigenvalue weighted by atomic mass is 16.3. The van der Waals surface area contributed by atoms with Gasteiger partial charge in [-0.25, -0.2) is 0 Å². The lowest BCUT2D eigenvalue weighted by molar-refractivity contribution is -0.140. The third-order valence-corrected chi connectivity index (χ3v) is 2.47. The summed E-state index contributed by atoms with van der Waals surface area (Å²) in [4.78, 5) is 13.6. The zero-order valence-electron chi connectivity index (χ0n) is 9.42. The van der Waals surface area contributed by atoms with Crippen molar-refractivity contribution in [2.75, 3.05) is 19.7 Å². The van der Waals surface area contributed by atoms with Gasteiger partial charge < -0.3 is 10.0 Å². The summed E-state index contributed by atoms with van der Waals surface area (Å²) in [6.07, 6.45) is 2.48. The zero-order valence-corrected chi connectivity index (χ0v) is 9.42. The smallest absolute Gasteiger partial charge is 0.228 e. The molecule has 0 saturated carbocycles. The van der Waals surface area contributed by atoms with Crippen LogP contribution in [0.1, 0.15) is 27.2 Å². The van der Waals surface area contributed by atoms with E-state index >= 15 is 0 Å². The molecular weight excluding hydrogens is 178 g/mol. The average molecular weight is 199 g/mol. The van der Waals surface area contributed by atoms with Gasteiger partial charge in [-0.15, -0.1) is 6.58 Å². The number of aliphatic hydroxyl groups excluding tert-OH is 1. The van der Waals surface area contributed by atoms with Gasteiger partial charge in [-0.2, -0.15) is 0 Å². The van der Waals surface area contributed by atoms with E-state index in [1.165, 1.54) is 0 Å². The SMILES string of the molecule is C=CCN(CCO)C(=O)C(C)(C)CC. The summed E-state index contributed by atoms with van der Waals surface area (Å²) in [5.74, 6) is 0.0777. The molecule has 0 saturated heterocycles. The molecule has 82 valence electrons. The van der Waals surface area contributed by atoms with Gasteiger partial charge in [0.2, 0.25) is 5.91 Å². The van der Waals surface area contributed by atoms with Crippen LogP contribution in [0.2, 0.25) is 0 Å². The molecular formula is C11H21NO2. The van der Waals surface area contributed by atoms with Gasteiger partial charge in [0, 0.05) is 18.5 Å². The second-order valence-corrected chi connectivity index (χ2v) is 4.00. The number of hydrogen-bond acceptors (Lipinski definition) is 2. The lowest BCUT2D eigenvalue weighted by Crippen LogP contribution is -2.42. The predicted molar refractivity (Wildman–Crippen MR) is 57.9 cm³/mol. The van der Waals surface area contributed by atoms with Crippen molar-refractivity contribution in [2.24, 2.45) is 5.41 Å². The molecule has 0 aliphatic heterocycles. The highest BCUT2D eigenvalue weighted by Gasteiger charge is 2.29. The monoisotopic (exact) mass is 199 g/mol. The summed E-state index contributed by atoms with van der Waals surface area (Å²) in [5.41, 5.74) is -0.349. The van der Waals surface area contributed by atoms with Gasteiger partial charge in [-0.1, -0.05) is 26.8 Å². The van der Waals surface area contributed by atoms with Crippen molar-refractivity contribution in [3.05, 3.63) is 12.7 Å². The molecule has 0 aromatic carbocycles.